The van der Waals surface area contributed by atoms with E-state index in [1.165, 1.54) is 11.3 Å². The van der Waals surface area contributed by atoms with E-state index < -0.39 is 0 Å². The van der Waals surface area contributed by atoms with Crippen molar-refractivity contribution in [1.29, 1.82) is 5.26 Å². The lowest BCUT2D eigenvalue weighted by Crippen LogP contribution is -2.14. The van der Waals surface area contributed by atoms with Crippen LogP contribution in [0.25, 0.3) is 0 Å². The highest BCUT2D eigenvalue weighted by atomic mass is 32.1. The van der Waals surface area contributed by atoms with Crippen LogP contribution in [0.4, 0.5) is 5.69 Å². The van der Waals surface area contributed by atoms with Crippen molar-refractivity contribution in [3.63, 3.8) is 0 Å². The average Bonchev–Trinajstić information content (AvgIpc) is 3.09. The highest BCUT2D eigenvalue weighted by Gasteiger charge is 2.09. The zero-order chi connectivity index (χ0) is 18.4. The number of ether oxygens (including phenoxy) is 1. The minimum atomic E-state index is -0.0996. The van der Waals surface area contributed by atoms with Crippen LogP contribution in [0.2, 0.25) is 0 Å². The minimum absolute atomic E-state index is 0.0996. The summed E-state index contributed by atoms with van der Waals surface area (Å²) in [7, 11) is 0. The summed E-state index contributed by atoms with van der Waals surface area (Å²) in [5, 5.41) is 14.4. The number of benzene rings is 2. The van der Waals surface area contributed by atoms with Crippen LogP contribution in [0.5, 0.6) is 5.75 Å². The number of hydrogen-bond acceptors (Lipinski definition) is 5. The molecule has 0 saturated heterocycles. The van der Waals surface area contributed by atoms with Crippen molar-refractivity contribution < 1.29 is 9.53 Å². The van der Waals surface area contributed by atoms with Crippen molar-refractivity contribution in [3.05, 3.63) is 75.7 Å². The number of aryl methyl sites for hydroxylation is 1. The number of amides is 1. The fourth-order valence-electron chi connectivity index (χ4n) is 2.29. The number of rotatable bonds is 6. The number of hydrogen-bond donors (Lipinski definition) is 1. The van der Waals surface area contributed by atoms with Gasteiger partial charge in [0.25, 0.3) is 0 Å². The Morgan fingerprint density at radius 1 is 1.27 bits per heavy atom. The van der Waals surface area contributed by atoms with Crippen LogP contribution in [-0.2, 0) is 17.8 Å². The number of nitriles is 1. The number of carbonyl (C=O) groups is 1. The largest absolute Gasteiger partial charge is 0.487 e. The first kappa shape index (κ1) is 17.6. The first-order valence-corrected chi connectivity index (χ1v) is 8.93. The summed E-state index contributed by atoms with van der Waals surface area (Å²) in [6.07, 6.45) is 0.225. The van der Waals surface area contributed by atoms with Gasteiger partial charge in [-0.15, -0.1) is 11.3 Å². The molecule has 0 spiro atoms. The smallest absolute Gasteiger partial charge is 0.231 e. The topological polar surface area (TPSA) is 75.0 Å². The third-order valence-corrected chi connectivity index (χ3v) is 4.49. The van der Waals surface area contributed by atoms with Gasteiger partial charge in [-0.1, -0.05) is 23.8 Å². The Morgan fingerprint density at radius 2 is 2.08 bits per heavy atom. The van der Waals surface area contributed by atoms with Gasteiger partial charge in [-0.25, -0.2) is 4.98 Å². The molecule has 3 aromatic rings. The van der Waals surface area contributed by atoms with E-state index >= 15 is 0 Å². The van der Waals surface area contributed by atoms with Crippen LogP contribution >= 0.6 is 11.3 Å². The van der Waals surface area contributed by atoms with E-state index in [1.807, 2.05) is 36.6 Å². The van der Waals surface area contributed by atoms with E-state index in [2.05, 4.69) is 16.4 Å². The van der Waals surface area contributed by atoms with Crippen molar-refractivity contribution in [2.75, 3.05) is 5.32 Å². The second-order valence-electron chi connectivity index (χ2n) is 5.75. The van der Waals surface area contributed by atoms with Crippen molar-refractivity contribution in [2.45, 2.75) is 20.0 Å². The molecule has 0 unspecified atom stereocenters. The van der Waals surface area contributed by atoms with Gasteiger partial charge in [0.2, 0.25) is 5.91 Å². The maximum atomic E-state index is 12.1. The fourth-order valence-corrected chi connectivity index (χ4v) is 3.07. The van der Waals surface area contributed by atoms with Crippen LogP contribution in [0.3, 0.4) is 0 Å². The lowest BCUT2D eigenvalue weighted by Gasteiger charge is -2.04. The number of carbonyl (C=O) groups excluding carboxylic acids is 1. The van der Waals surface area contributed by atoms with E-state index in [1.54, 1.807) is 24.3 Å². The van der Waals surface area contributed by atoms with Gasteiger partial charge in [-0.05, 0) is 37.3 Å². The summed E-state index contributed by atoms with van der Waals surface area (Å²) in [4.78, 5) is 16.6. The molecule has 2 aromatic carbocycles. The fraction of sp³-hybridized carbons (Fsp3) is 0.150. The first-order chi connectivity index (χ1) is 12.6. The summed E-state index contributed by atoms with van der Waals surface area (Å²) >= 11 is 1.43. The van der Waals surface area contributed by atoms with Gasteiger partial charge in [-0.3, -0.25) is 4.79 Å². The SMILES string of the molecule is Cc1ccc(NC(=O)Cc2nc(COc3cccc(C#N)c3)cs2)cc1. The molecule has 0 fully saturated rings. The van der Waals surface area contributed by atoms with Crippen molar-refractivity contribution in [2.24, 2.45) is 0 Å². The monoisotopic (exact) mass is 363 g/mol. The summed E-state index contributed by atoms with van der Waals surface area (Å²) in [5.41, 5.74) is 3.23. The standard InChI is InChI=1S/C20H17N3O2S/c1-14-5-7-16(8-6-14)22-19(24)10-20-23-17(13-26-20)12-25-18-4-2-3-15(9-18)11-21/h2-9,13H,10,12H2,1H3,(H,22,24). The highest BCUT2D eigenvalue weighted by Crippen LogP contribution is 2.17. The molecule has 0 aliphatic rings. The molecular formula is C20H17N3O2S. The van der Waals surface area contributed by atoms with Crippen molar-refractivity contribution >= 4 is 22.9 Å². The average molecular weight is 363 g/mol. The maximum absolute atomic E-state index is 12.1. The lowest BCUT2D eigenvalue weighted by molar-refractivity contribution is -0.115. The first-order valence-electron chi connectivity index (χ1n) is 8.05. The Balaban J connectivity index is 1.53. The van der Waals surface area contributed by atoms with E-state index in [-0.39, 0.29) is 12.3 Å². The molecule has 1 heterocycles. The number of nitrogens with one attached hydrogen (secondary N) is 1. The third kappa shape index (κ3) is 4.91. The molecule has 0 saturated carbocycles. The molecule has 0 bridgehead atoms. The van der Waals surface area contributed by atoms with Gasteiger partial charge in [-0.2, -0.15) is 5.26 Å². The second-order valence-corrected chi connectivity index (χ2v) is 6.69. The molecule has 0 radical (unpaired) electrons. The number of nitrogens with zero attached hydrogens (tertiary/aromatic N) is 2. The molecule has 0 atom stereocenters. The molecule has 1 amide bonds. The summed E-state index contributed by atoms with van der Waals surface area (Å²) in [6.45, 7) is 2.30. The normalized spacial score (nSPS) is 10.2. The van der Waals surface area contributed by atoms with Crippen LogP contribution in [-0.4, -0.2) is 10.9 Å². The van der Waals surface area contributed by atoms with E-state index in [9.17, 15) is 4.79 Å². The number of aromatic nitrogens is 1. The zero-order valence-corrected chi connectivity index (χ0v) is 15.0. The molecule has 6 heteroatoms. The molecule has 3 rings (SSSR count). The van der Waals surface area contributed by atoms with Gasteiger partial charge >= 0.3 is 0 Å². The quantitative estimate of drug-likeness (QED) is 0.716. The van der Waals surface area contributed by atoms with Gasteiger partial charge in [0, 0.05) is 11.1 Å². The van der Waals surface area contributed by atoms with E-state index in [4.69, 9.17) is 10.00 Å². The number of thiazole rings is 1. The highest BCUT2D eigenvalue weighted by molar-refractivity contribution is 7.09. The van der Waals surface area contributed by atoms with Gasteiger partial charge in [0.15, 0.2) is 0 Å². The van der Waals surface area contributed by atoms with E-state index in [0.29, 0.717) is 17.9 Å². The van der Waals surface area contributed by atoms with Gasteiger partial charge in [0.05, 0.1) is 23.7 Å². The molecule has 0 aliphatic carbocycles. The molecular weight excluding hydrogens is 346 g/mol. The summed E-state index contributed by atoms with van der Waals surface area (Å²) in [6, 6.07) is 16.7. The predicted octanol–water partition coefficient (Wildman–Crippen LogP) is 4.08. The molecule has 0 aliphatic heterocycles. The van der Waals surface area contributed by atoms with Crippen LogP contribution < -0.4 is 10.1 Å². The molecule has 1 aromatic heterocycles. The Bertz CT molecular complexity index is 942. The lowest BCUT2D eigenvalue weighted by atomic mass is 10.2. The van der Waals surface area contributed by atoms with Crippen LogP contribution in [0, 0.1) is 18.3 Å². The van der Waals surface area contributed by atoms with Crippen molar-refractivity contribution in [3.8, 4) is 11.8 Å². The molecule has 130 valence electrons. The van der Waals surface area contributed by atoms with Crippen LogP contribution in [0.15, 0.2) is 53.9 Å². The summed E-state index contributed by atoms with van der Waals surface area (Å²) in [5.74, 6) is 0.521. The Kier molecular flexibility index (Phi) is 5.62. The molecule has 5 nitrogen and oxygen atoms in total. The second kappa shape index (κ2) is 8.28. The maximum Gasteiger partial charge on any atom is 0.231 e. The third-order valence-electron chi connectivity index (χ3n) is 3.60. The zero-order valence-electron chi connectivity index (χ0n) is 14.2. The Labute approximate surface area is 155 Å². The summed E-state index contributed by atoms with van der Waals surface area (Å²) < 4.78 is 5.65. The number of anilines is 1. The minimum Gasteiger partial charge on any atom is -0.487 e. The Morgan fingerprint density at radius 3 is 2.85 bits per heavy atom. The predicted molar refractivity (Wildman–Crippen MR) is 101 cm³/mol. The van der Waals surface area contributed by atoms with Crippen LogP contribution in [0.1, 0.15) is 21.8 Å². The van der Waals surface area contributed by atoms with Crippen molar-refractivity contribution in [1.82, 2.24) is 4.98 Å². The Hall–Kier alpha value is -3.17. The van der Waals surface area contributed by atoms with Gasteiger partial charge in [0.1, 0.15) is 17.4 Å². The van der Waals surface area contributed by atoms with Gasteiger partial charge < -0.3 is 10.1 Å². The van der Waals surface area contributed by atoms with E-state index in [0.717, 1.165) is 22.0 Å². The molecule has 26 heavy (non-hydrogen) atoms. The molecule has 1 N–H and O–H groups in total.